The van der Waals surface area contributed by atoms with Gasteiger partial charge in [0, 0.05) is 68.5 Å². The van der Waals surface area contributed by atoms with Crippen LogP contribution in [0.3, 0.4) is 0 Å². The van der Waals surface area contributed by atoms with Crippen LogP contribution in [0, 0.1) is 0 Å². The summed E-state index contributed by atoms with van der Waals surface area (Å²) in [7, 11) is 2.07. The lowest BCUT2D eigenvalue weighted by molar-refractivity contribution is -0.239. The number of aliphatic hydroxyl groups is 2. The van der Waals surface area contributed by atoms with Crippen LogP contribution in [0.1, 0.15) is 40.2 Å². The molecular formula is C30H34Cl2FN5O4. The molecule has 2 aliphatic heterocycles. The van der Waals surface area contributed by atoms with Crippen LogP contribution in [0.25, 0.3) is 11.1 Å². The smallest absolute Gasteiger partial charge is 0.281 e. The summed E-state index contributed by atoms with van der Waals surface area (Å²) in [6.45, 7) is 3.49. The van der Waals surface area contributed by atoms with Gasteiger partial charge in [-0.25, -0.2) is 14.4 Å². The van der Waals surface area contributed by atoms with E-state index in [0.717, 1.165) is 31.7 Å². The Morgan fingerprint density at radius 2 is 1.69 bits per heavy atom. The molecule has 0 saturated carbocycles. The number of piperazine rings is 1. The number of aromatic nitrogens is 2. The lowest BCUT2D eigenvalue weighted by atomic mass is 9.85. The van der Waals surface area contributed by atoms with Gasteiger partial charge in [-0.1, -0.05) is 41.4 Å². The molecule has 2 aliphatic rings. The lowest BCUT2D eigenvalue weighted by Gasteiger charge is -2.35. The maximum Gasteiger partial charge on any atom is 0.281 e. The highest BCUT2D eigenvalue weighted by atomic mass is 35.5. The van der Waals surface area contributed by atoms with Crippen molar-refractivity contribution in [2.45, 2.75) is 31.2 Å². The SMILES string of the molecule is CN1CCN(CCC(O)C[C@@]2(F)c3c(ccc(-c4ccc(Cl)cc4)c3Cc3ncc(Cl)cn3)C(=O)N2OCCO)CC1. The molecule has 224 valence electrons. The molecule has 2 N–H and O–H groups in total. The summed E-state index contributed by atoms with van der Waals surface area (Å²) < 4.78 is 17.6. The molecule has 2 atom stereocenters. The Bertz CT molecular complexity index is 1390. The molecule has 0 bridgehead atoms. The molecule has 0 radical (unpaired) electrons. The molecule has 1 fully saturated rings. The van der Waals surface area contributed by atoms with E-state index in [2.05, 4.69) is 26.8 Å². The van der Waals surface area contributed by atoms with Gasteiger partial charge < -0.3 is 20.0 Å². The predicted molar refractivity (Wildman–Crippen MR) is 158 cm³/mol. The second-order valence-electron chi connectivity index (χ2n) is 10.7. The largest absolute Gasteiger partial charge is 0.394 e. The predicted octanol–water partition coefficient (Wildman–Crippen LogP) is 3.93. The number of nitrogens with zero attached hydrogens (tertiary/aromatic N) is 5. The van der Waals surface area contributed by atoms with E-state index in [9.17, 15) is 15.0 Å². The zero-order valence-electron chi connectivity index (χ0n) is 23.3. The summed E-state index contributed by atoms with van der Waals surface area (Å²) in [5, 5.41) is 22.2. The highest BCUT2D eigenvalue weighted by molar-refractivity contribution is 6.30. The van der Waals surface area contributed by atoms with Gasteiger partial charge in [0.2, 0.25) is 5.79 Å². The van der Waals surface area contributed by atoms with Gasteiger partial charge in [-0.05, 0) is 48.4 Å². The number of hydrogen-bond donors (Lipinski definition) is 2. The van der Waals surface area contributed by atoms with Crippen molar-refractivity contribution < 1.29 is 24.2 Å². The van der Waals surface area contributed by atoms with E-state index in [0.29, 0.717) is 45.0 Å². The molecule has 1 amide bonds. The summed E-state index contributed by atoms with van der Waals surface area (Å²) in [6.07, 6.45) is 1.83. The number of benzene rings is 2. The van der Waals surface area contributed by atoms with Crippen LogP contribution in [-0.4, -0.2) is 100 Å². The number of halogens is 3. The Hall–Kier alpha value is -2.70. The Morgan fingerprint density at radius 3 is 2.36 bits per heavy atom. The number of alkyl halides is 1. The summed E-state index contributed by atoms with van der Waals surface area (Å²) in [4.78, 5) is 32.2. The minimum absolute atomic E-state index is 0.0858. The molecule has 0 aliphatic carbocycles. The topological polar surface area (TPSA) is 102 Å². The maximum atomic E-state index is 17.6. The van der Waals surface area contributed by atoms with Gasteiger partial charge in [-0.3, -0.25) is 9.63 Å². The average Bonchev–Trinajstić information content (AvgIpc) is 3.19. The first kappa shape index (κ1) is 30.7. The molecule has 9 nitrogen and oxygen atoms in total. The van der Waals surface area contributed by atoms with Crippen LogP contribution in [-0.2, 0) is 17.1 Å². The fourth-order valence-electron chi connectivity index (χ4n) is 5.60. The first-order chi connectivity index (χ1) is 20.2. The van der Waals surface area contributed by atoms with E-state index in [1.54, 1.807) is 24.3 Å². The maximum absolute atomic E-state index is 17.6. The van der Waals surface area contributed by atoms with Crippen molar-refractivity contribution in [2.24, 2.45) is 0 Å². The normalized spacial score (nSPS) is 20.2. The number of fused-ring (bicyclic) bond motifs is 1. The van der Waals surface area contributed by atoms with Crippen molar-refractivity contribution in [1.82, 2.24) is 24.8 Å². The Labute approximate surface area is 254 Å². The average molecular weight is 619 g/mol. The van der Waals surface area contributed by atoms with Gasteiger partial charge in [0.15, 0.2) is 0 Å². The molecule has 1 saturated heterocycles. The van der Waals surface area contributed by atoms with Gasteiger partial charge in [-0.2, -0.15) is 5.06 Å². The zero-order valence-corrected chi connectivity index (χ0v) is 24.9. The number of hydroxylamine groups is 2. The third-order valence-corrected chi connectivity index (χ3v) is 8.24. The van der Waals surface area contributed by atoms with Crippen molar-refractivity contribution in [3.05, 3.63) is 81.4 Å². The van der Waals surface area contributed by atoms with Crippen LogP contribution in [0.5, 0.6) is 0 Å². The summed E-state index contributed by atoms with van der Waals surface area (Å²) in [5.74, 6) is -2.83. The number of hydrogen-bond acceptors (Lipinski definition) is 8. The highest BCUT2D eigenvalue weighted by Crippen LogP contribution is 2.48. The second kappa shape index (κ2) is 13.3. The Morgan fingerprint density at radius 1 is 1.02 bits per heavy atom. The number of carbonyl (C=O) groups excluding carboxylic acids is 1. The molecule has 42 heavy (non-hydrogen) atoms. The molecule has 3 heterocycles. The molecular weight excluding hydrogens is 584 g/mol. The van der Waals surface area contributed by atoms with Crippen LogP contribution in [0.2, 0.25) is 10.0 Å². The molecule has 3 aromatic rings. The zero-order chi connectivity index (χ0) is 29.9. The highest BCUT2D eigenvalue weighted by Gasteiger charge is 2.54. The Balaban J connectivity index is 1.55. The van der Waals surface area contributed by atoms with Crippen LogP contribution < -0.4 is 0 Å². The van der Waals surface area contributed by atoms with Crippen LogP contribution >= 0.6 is 23.2 Å². The van der Waals surface area contributed by atoms with Gasteiger partial charge >= 0.3 is 0 Å². The minimum atomic E-state index is -2.52. The van der Waals surface area contributed by atoms with E-state index in [1.165, 1.54) is 12.4 Å². The van der Waals surface area contributed by atoms with Gasteiger partial charge in [0.25, 0.3) is 5.91 Å². The molecule has 12 heteroatoms. The molecule has 0 spiro atoms. The van der Waals surface area contributed by atoms with Crippen LogP contribution in [0.4, 0.5) is 4.39 Å². The third-order valence-electron chi connectivity index (χ3n) is 7.79. The van der Waals surface area contributed by atoms with Crippen molar-refractivity contribution in [2.75, 3.05) is 53.0 Å². The first-order valence-electron chi connectivity index (χ1n) is 13.9. The minimum Gasteiger partial charge on any atom is -0.394 e. The third kappa shape index (κ3) is 6.60. The van der Waals surface area contributed by atoms with Crippen molar-refractivity contribution in [1.29, 1.82) is 0 Å². The van der Waals surface area contributed by atoms with E-state index in [4.69, 9.17) is 28.0 Å². The molecule has 1 unspecified atom stereocenters. The first-order valence-corrected chi connectivity index (χ1v) is 14.7. The van der Waals surface area contributed by atoms with Gasteiger partial charge in [0.05, 0.1) is 29.9 Å². The van der Waals surface area contributed by atoms with Crippen molar-refractivity contribution in [3.63, 3.8) is 0 Å². The summed E-state index contributed by atoms with van der Waals surface area (Å²) >= 11 is 12.2. The molecule has 1 aromatic heterocycles. The second-order valence-corrected chi connectivity index (χ2v) is 11.6. The standard InChI is InChI=1S/C30H34Cl2FN5O4/c1-36-10-12-37(13-11-36)9-8-23(40)17-30(33)28-25(29(41)38(30)42-15-14-39)7-6-24(20-2-4-21(31)5-3-20)26(28)16-27-34-18-22(32)19-35-27/h2-7,18-19,23,39-40H,8-17H2,1H3/t23?,30-/m0/s1. The van der Waals surface area contributed by atoms with E-state index in [1.807, 2.05) is 12.1 Å². The summed E-state index contributed by atoms with van der Waals surface area (Å²) in [5.41, 5.74) is 2.11. The molecule has 2 aromatic carbocycles. The lowest BCUT2D eigenvalue weighted by Crippen LogP contribution is -2.46. The van der Waals surface area contributed by atoms with Crippen molar-refractivity contribution in [3.8, 4) is 11.1 Å². The van der Waals surface area contributed by atoms with Crippen LogP contribution in [0.15, 0.2) is 48.8 Å². The van der Waals surface area contributed by atoms with Crippen molar-refractivity contribution >= 4 is 29.1 Å². The quantitative estimate of drug-likeness (QED) is 0.312. The number of carbonyl (C=O) groups is 1. The fourth-order valence-corrected chi connectivity index (χ4v) is 5.83. The monoisotopic (exact) mass is 617 g/mol. The number of amides is 1. The Kier molecular flexibility index (Phi) is 9.74. The number of likely N-dealkylation sites (N-methyl/N-ethyl adjacent to an activating group) is 1. The summed E-state index contributed by atoms with van der Waals surface area (Å²) in [6, 6.07) is 10.4. The number of rotatable bonds is 11. The van der Waals surface area contributed by atoms with Gasteiger partial charge in [-0.15, -0.1) is 0 Å². The van der Waals surface area contributed by atoms with Gasteiger partial charge in [0.1, 0.15) is 5.82 Å². The van der Waals surface area contributed by atoms with E-state index < -0.39 is 30.8 Å². The van der Waals surface area contributed by atoms with E-state index in [-0.39, 0.29) is 24.2 Å². The van der Waals surface area contributed by atoms with E-state index >= 15 is 4.39 Å². The number of aliphatic hydroxyl groups excluding tert-OH is 2. The molecule has 5 rings (SSSR count). The fraction of sp³-hybridized carbons (Fsp3) is 0.433.